The van der Waals surface area contributed by atoms with Crippen LogP contribution in [0.1, 0.15) is 20.8 Å². The summed E-state index contributed by atoms with van der Waals surface area (Å²) in [5, 5.41) is 0.371. The number of benzene rings is 1. The van der Waals surface area contributed by atoms with Gasteiger partial charge in [0.05, 0.1) is 5.69 Å². The van der Waals surface area contributed by atoms with Crippen molar-refractivity contribution in [1.29, 1.82) is 0 Å². The lowest BCUT2D eigenvalue weighted by atomic mass is 9.99. The lowest BCUT2D eigenvalue weighted by Gasteiger charge is -2.36. The molecular formula is C25H26ClFN4O2. The second-order valence-electron chi connectivity index (χ2n) is 8.89. The molecule has 6 nitrogen and oxygen atoms in total. The molecule has 1 aliphatic rings. The van der Waals surface area contributed by atoms with Gasteiger partial charge in [0.25, 0.3) is 0 Å². The lowest BCUT2D eigenvalue weighted by Crippen LogP contribution is -2.50. The molecule has 0 aliphatic carbocycles. The Morgan fingerprint density at radius 2 is 1.70 bits per heavy atom. The van der Waals surface area contributed by atoms with Crippen LogP contribution in [0.5, 0.6) is 0 Å². The first-order valence-electron chi connectivity index (χ1n) is 10.8. The first-order valence-corrected chi connectivity index (χ1v) is 11.2. The largest absolute Gasteiger partial charge is 0.444 e. The molecule has 1 saturated heterocycles. The Labute approximate surface area is 198 Å². The number of carbonyl (C=O) groups is 1. The maximum Gasteiger partial charge on any atom is 0.410 e. The van der Waals surface area contributed by atoms with Crippen LogP contribution < -0.4 is 4.90 Å². The van der Waals surface area contributed by atoms with Crippen LogP contribution in [0.25, 0.3) is 22.4 Å². The van der Waals surface area contributed by atoms with Crippen molar-refractivity contribution < 1.29 is 13.9 Å². The van der Waals surface area contributed by atoms with Gasteiger partial charge in [-0.1, -0.05) is 23.7 Å². The van der Waals surface area contributed by atoms with Gasteiger partial charge in [-0.25, -0.2) is 19.2 Å². The Balaban J connectivity index is 1.61. The molecule has 3 aromatic rings. The van der Waals surface area contributed by atoms with Crippen LogP contribution in [0, 0.1) is 5.82 Å². The molecule has 8 heteroatoms. The van der Waals surface area contributed by atoms with Crippen molar-refractivity contribution >= 4 is 23.5 Å². The number of piperazine rings is 1. The number of hydrogen-bond donors (Lipinski definition) is 0. The number of amides is 1. The molecule has 1 aromatic carbocycles. The quantitative estimate of drug-likeness (QED) is 0.464. The van der Waals surface area contributed by atoms with Crippen molar-refractivity contribution in [3.8, 4) is 22.4 Å². The highest BCUT2D eigenvalue weighted by Gasteiger charge is 2.26. The highest BCUT2D eigenvalue weighted by Crippen LogP contribution is 2.33. The Kier molecular flexibility index (Phi) is 6.51. The van der Waals surface area contributed by atoms with Gasteiger partial charge in [-0.05, 0) is 62.7 Å². The third kappa shape index (κ3) is 5.60. The second-order valence-corrected chi connectivity index (χ2v) is 9.28. The van der Waals surface area contributed by atoms with E-state index in [0.29, 0.717) is 31.3 Å². The topological polar surface area (TPSA) is 58.6 Å². The molecule has 4 rings (SSSR count). The van der Waals surface area contributed by atoms with Gasteiger partial charge < -0.3 is 14.5 Å². The van der Waals surface area contributed by atoms with Gasteiger partial charge in [0.15, 0.2) is 0 Å². The van der Waals surface area contributed by atoms with E-state index in [4.69, 9.17) is 21.3 Å². The number of halogens is 2. The fraction of sp³-hybridized carbons (Fsp3) is 0.320. The first-order chi connectivity index (χ1) is 15.7. The van der Waals surface area contributed by atoms with Gasteiger partial charge in [0.1, 0.15) is 22.4 Å². The minimum absolute atomic E-state index is 0.292. The molecule has 33 heavy (non-hydrogen) atoms. The van der Waals surface area contributed by atoms with E-state index in [9.17, 15) is 9.18 Å². The standard InChI is InChI=1S/C25H26ClFN4O2/c1-25(2,3)33-24(32)31-14-12-30(13-15-31)22-9-8-20(17-4-6-19(27)7-5-17)23(29-22)18-10-11-28-21(26)16-18/h4-11,16H,12-15H2,1-3H3. The third-order valence-corrected chi connectivity index (χ3v) is 5.50. The lowest BCUT2D eigenvalue weighted by molar-refractivity contribution is 0.0240. The second kappa shape index (κ2) is 9.35. The van der Waals surface area contributed by atoms with Crippen molar-refractivity contribution in [2.75, 3.05) is 31.1 Å². The molecule has 1 amide bonds. The van der Waals surface area contributed by atoms with Gasteiger partial charge in [-0.2, -0.15) is 0 Å². The summed E-state index contributed by atoms with van der Waals surface area (Å²) in [6.45, 7) is 7.96. The van der Waals surface area contributed by atoms with Crippen molar-refractivity contribution in [3.05, 3.63) is 65.7 Å². The maximum absolute atomic E-state index is 13.5. The minimum Gasteiger partial charge on any atom is -0.444 e. The first kappa shape index (κ1) is 23.0. The van der Waals surface area contributed by atoms with Gasteiger partial charge in [-0.3, -0.25) is 0 Å². The number of nitrogens with zero attached hydrogens (tertiary/aromatic N) is 4. The van der Waals surface area contributed by atoms with Crippen molar-refractivity contribution in [2.24, 2.45) is 0 Å². The SMILES string of the molecule is CC(C)(C)OC(=O)N1CCN(c2ccc(-c3ccc(F)cc3)c(-c3ccnc(Cl)c3)n2)CC1. The summed E-state index contributed by atoms with van der Waals surface area (Å²) in [5.41, 5.74) is 2.76. The van der Waals surface area contributed by atoms with E-state index in [1.807, 2.05) is 39.0 Å². The normalized spacial score (nSPS) is 14.3. The summed E-state index contributed by atoms with van der Waals surface area (Å²) in [6, 6.07) is 13.9. The van der Waals surface area contributed by atoms with Crippen molar-refractivity contribution in [2.45, 2.75) is 26.4 Å². The fourth-order valence-corrected chi connectivity index (χ4v) is 3.88. The summed E-state index contributed by atoms with van der Waals surface area (Å²) in [5.74, 6) is 0.507. The zero-order valence-corrected chi connectivity index (χ0v) is 19.6. The molecule has 0 bridgehead atoms. The summed E-state index contributed by atoms with van der Waals surface area (Å²) in [7, 11) is 0. The maximum atomic E-state index is 13.5. The predicted molar refractivity (Wildman–Crippen MR) is 128 cm³/mol. The average Bonchev–Trinajstić information content (AvgIpc) is 2.78. The Morgan fingerprint density at radius 1 is 1.00 bits per heavy atom. The Bertz CT molecular complexity index is 1140. The van der Waals surface area contributed by atoms with Gasteiger partial charge in [0.2, 0.25) is 0 Å². The van der Waals surface area contributed by atoms with E-state index >= 15 is 0 Å². The predicted octanol–water partition coefficient (Wildman–Crippen LogP) is 5.66. The molecule has 0 saturated carbocycles. The number of hydrogen-bond acceptors (Lipinski definition) is 5. The van der Waals surface area contributed by atoms with Crippen molar-refractivity contribution in [3.63, 3.8) is 0 Å². The van der Waals surface area contributed by atoms with Crippen LogP contribution in [0.4, 0.5) is 15.0 Å². The molecule has 0 radical (unpaired) electrons. The number of anilines is 1. The van der Waals surface area contributed by atoms with E-state index < -0.39 is 5.60 Å². The number of carbonyl (C=O) groups excluding carboxylic acids is 1. The minimum atomic E-state index is -0.521. The summed E-state index contributed by atoms with van der Waals surface area (Å²) >= 11 is 6.15. The molecule has 0 spiro atoms. The average molecular weight is 469 g/mol. The van der Waals surface area contributed by atoms with E-state index in [1.165, 1.54) is 12.1 Å². The van der Waals surface area contributed by atoms with E-state index in [0.717, 1.165) is 28.2 Å². The monoisotopic (exact) mass is 468 g/mol. The summed E-state index contributed by atoms with van der Waals surface area (Å²) < 4.78 is 19.0. The van der Waals surface area contributed by atoms with Crippen LogP contribution >= 0.6 is 11.6 Å². The Hall–Kier alpha value is -3.19. The van der Waals surface area contributed by atoms with Crippen LogP contribution in [-0.4, -0.2) is 52.7 Å². The zero-order chi connectivity index (χ0) is 23.6. The molecular weight excluding hydrogens is 443 g/mol. The zero-order valence-electron chi connectivity index (χ0n) is 18.9. The molecule has 0 atom stereocenters. The fourth-order valence-electron chi connectivity index (χ4n) is 3.70. The molecule has 172 valence electrons. The summed E-state index contributed by atoms with van der Waals surface area (Å²) in [4.78, 5) is 25.3. The summed E-state index contributed by atoms with van der Waals surface area (Å²) in [6.07, 6.45) is 1.34. The highest BCUT2D eigenvalue weighted by molar-refractivity contribution is 6.29. The number of aromatic nitrogens is 2. The molecule has 2 aromatic heterocycles. The van der Waals surface area contributed by atoms with Crippen LogP contribution in [0.15, 0.2) is 54.7 Å². The van der Waals surface area contributed by atoms with E-state index in [2.05, 4.69) is 9.88 Å². The van der Waals surface area contributed by atoms with Gasteiger partial charge in [-0.15, -0.1) is 0 Å². The van der Waals surface area contributed by atoms with E-state index in [-0.39, 0.29) is 11.9 Å². The highest BCUT2D eigenvalue weighted by atomic mass is 35.5. The number of rotatable bonds is 3. The molecule has 1 aliphatic heterocycles. The van der Waals surface area contributed by atoms with Gasteiger partial charge in [0, 0.05) is 43.5 Å². The van der Waals surface area contributed by atoms with Gasteiger partial charge >= 0.3 is 6.09 Å². The number of pyridine rings is 2. The molecule has 3 heterocycles. The van der Waals surface area contributed by atoms with Crippen LogP contribution in [0.3, 0.4) is 0 Å². The van der Waals surface area contributed by atoms with Crippen molar-refractivity contribution in [1.82, 2.24) is 14.9 Å². The van der Waals surface area contributed by atoms with Crippen LogP contribution in [-0.2, 0) is 4.74 Å². The Morgan fingerprint density at radius 3 is 2.33 bits per heavy atom. The van der Waals surface area contributed by atoms with Crippen LogP contribution in [0.2, 0.25) is 5.15 Å². The third-order valence-electron chi connectivity index (χ3n) is 5.29. The molecule has 1 fully saturated rings. The number of ether oxygens (including phenoxy) is 1. The molecule has 0 N–H and O–H groups in total. The van der Waals surface area contributed by atoms with E-state index in [1.54, 1.807) is 29.3 Å². The molecule has 0 unspecified atom stereocenters. The smallest absolute Gasteiger partial charge is 0.410 e.